The first-order chi connectivity index (χ1) is 7.61. The molecule has 2 aromatic heterocycles. The van der Waals surface area contributed by atoms with Crippen molar-refractivity contribution in [2.45, 2.75) is 19.9 Å². The number of ketones is 1. The van der Waals surface area contributed by atoms with E-state index in [2.05, 4.69) is 20.3 Å². The van der Waals surface area contributed by atoms with Crippen LogP contribution >= 0.6 is 11.6 Å². The molecule has 0 radical (unpaired) electrons. The Labute approximate surface area is 96.6 Å². The maximum Gasteiger partial charge on any atom is 0.249 e. The molecule has 0 aliphatic rings. The fourth-order valence-electron chi connectivity index (χ4n) is 1.37. The molecule has 0 spiro atoms. The Kier molecular flexibility index (Phi) is 2.74. The minimum atomic E-state index is -0.311. The minimum absolute atomic E-state index is 0.0503. The molecule has 0 bridgehead atoms. The summed E-state index contributed by atoms with van der Waals surface area (Å²) in [5, 5.41) is 10.5. The van der Waals surface area contributed by atoms with E-state index in [0.29, 0.717) is 10.7 Å². The molecule has 2 aromatic rings. The normalized spacial score (nSPS) is 11.0. The molecule has 7 heteroatoms. The fourth-order valence-corrected chi connectivity index (χ4v) is 1.59. The van der Waals surface area contributed by atoms with Crippen molar-refractivity contribution in [2.24, 2.45) is 0 Å². The van der Waals surface area contributed by atoms with Gasteiger partial charge >= 0.3 is 0 Å². The van der Waals surface area contributed by atoms with Crippen molar-refractivity contribution in [3.63, 3.8) is 0 Å². The lowest BCUT2D eigenvalue weighted by Gasteiger charge is -2.08. The molecule has 0 aliphatic heterocycles. The number of nitrogens with one attached hydrogen (secondary N) is 1. The van der Waals surface area contributed by atoms with E-state index in [1.54, 1.807) is 4.68 Å². The summed E-state index contributed by atoms with van der Waals surface area (Å²) in [5.41, 5.74) is 0.327. The molecule has 2 heterocycles. The second-order valence-electron chi connectivity index (χ2n) is 3.54. The fraction of sp³-hybridized carbons (Fsp3) is 0.333. The maximum absolute atomic E-state index is 12.0. The van der Waals surface area contributed by atoms with Gasteiger partial charge in [-0.15, -0.1) is 0 Å². The Hall–Kier alpha value is -1.69. The van der Waals surface area contributed by atoms with E-state index in [9.17, 15) is 4.79 Å². The van der Waals surface area contributed by atoms with Crippen molar-refractivity contribution in [1.82, 2.24) is 25.0 Å². The maximum atomic E-state index is 12.0. The summed E-state index contributed by atoms with van der Waals surface area (Å²) >= 11 is 5.93. The lowest BCUT2D eigenvalue weighted by Crippen LogP contribution is -2.15. The predicted molar refractivity (Wildman–Crippen MR) is 57.4 cm³/mol. The smallest absolute Gasteiger partial charge is 0.249 e. The van der Waals surface area contributed by atoms with Crippen molar-refractivity contribution < 1.29 is 4.79 Å². The summed E-state index contributed by atoms with van der Waals surface area (Å²) in [4.78, 5) is 15.8. The van der Waals surface area contributed by atoms with E-state index in [1.807, 2.05) is 13.8 Å². The van der Waals surface area contributed by atoms with Gasteiger partial charge in [0.2, 0.25) is 5.78 Å². The third-order valence-corrected chi connectivity index (χ3v) is 2.36. The number of aromatic amines is 1. The second-order valence-corrected chi connectivity index (χ2v) is 3.95. The van der Waals surface area contributed by atoms with Gasteiger partial charge in [-0.1, -0.05) is 11.6 Å². The number of aromatic nitrogens is 5. The molecule has 0 saturated carbocycles. The number of carbonyl (C=O) groups excluding carboxylic acids is 1. The number of H-pyrrole nitrogens is 1. The molecule has 0 aromatic carbocycles. The Balaban J connectivity index is 2.48. The first-order valence-electron chi connectivity index (χ1n) is 4.74. The van der Waals surface area contributed by atoms with Crippen LogP contribution in [0, 0.1) is 0 Å². The lowest BCUT2D eigenvalue weighted by atomic mass is 10.2. The van der Waals surface area contributed by atoms with Crippen LogP contribution in [-0.4, -0.2) is 30.7 Å². The van der Waals surface area contributed by atoms with Crippen LogP contribution in [0.25, 0.3) is 0 Å². The summed E-state index contributed by atoms with van der Waals surface area (Å²) in [5.74, 6) is -0.155. The van der Waals surface area contributed by atoms with Gasteiger partial charge in [-0.25, -0.2) is 4.98 Å². The molecule has 16 heavy (non-hydrogen) atoms. The molecule has 0 amide bonds. The molecule has 0 aliphatic carbocycles. The zero-order chi connectivity index (χ0) is 11.7. The van der Waals surface area contributed by atoms with Crippen LogP contribution in [0.15, 0.2) is 12.5 Å². The number of hydrogen-bond donors (Lipinski definition) is 1. The topological polar surface area (TPSA) is 76.5 Å². The van der Waals surface area contributed by atoms with Gasteiger partial charge < -0.3 is 0 Å². The number of hydrogen-bond acceptors (Lipinski definition) is 4. The highest BCUT2D eigenvalue weighted by Crippen LogP contribution is 2.20. The molecule has 0 saturated heterocycles. The molecule has 0 fully saturated rings. The molecule has 1 N–H and O–H groups in total. The third-order valence-electron chi connectivity index (χ3n) is 2.09. The summed E-state index contributed by atoms with van der Waals surface area (Å²) in [6, 6.07) is 0.0503. The highest BCUT2D eigenvalue weighted by Gasteiger charge is 2.22. The molecule has 0 unspecified atom stereocenters. The van der Waals surface area contributed by atoms with Crippen LogP contribution in [0.4, 0.5) is 0 Å². The first-order valence-corrected chi connectivity index (χ1v) is 5.12. The third kappa shape index (κ3) is 1.71. The zero-order valence-corrected chi connectivity index (χ0v) is 9.56. The van der Waals surface area contributed by atoms with Crippen molar-refractivity contribution in [3.8, 4) is 0 Å². The Morgan fingerprint density at radius 3 is 2.88 bits per heavy atom. The van der Waals surface area contributed by atoms with E-state index in [-0.39, 0.29) is 17.6 Å². The lowest BCUT2D eigenvalue weighted by molar-refractivity contribution is 0.101. The molecule has 0 atom stereocenters. The average Bonchev–Trinajstić information content (AvgIpc) is 2.84. The van der Waals surface area contributed by atoms with Gasteiger partial charge in [-0.2, -0.15) is 10.2 Å². The monoisotopic (exact) mass is 239 g/mol. The standard InChI is InChI=1S/C9H10ClN5O/c1-5(2)15-7(6(10)3-13-15)8(16)9-11-4-12-14-9/h3-5H,1-2H3,(H,11,12,14). The van der Waals surface area contributed by atoms with Gasteiger partial charge in [0.25, 0.3) is 0 Å². The summed E-state index contributed by atoms with van der Waals surface area (Å²) in [7, 11) is 0. The summed E-state index contributed by atoms with van der Waals surface area (Å²) in [6.07, 6.45) is 2.72. The number of rotatable bonds is 3. The van der Waals surface area contributed by atoms with E-state index in [4.69, 9.17) is 11.6 Å². The van der Waals surface area contributed by atoms with Crippen molar-refractivity contribution in [3.05, 3.63) is 29.1 Å². The van der Waals surface area contributed by atoms with Gasteiger partial charge in [-0.05, 0) is 13.8 Å². The van der Waals surface area contributed by atoms with Crippen LogP contribution < -0.4 is 0 Å². The summed E-state index contributed by atoms with van der Waals surface area (Å²) in [6.45, 7) is 3.83. The average molecular weight is 240 g/mol. The molecular weight excluding hydrogens is 230 g/mol. The van der Waals surface area contributed by atoms with Crippen LogP contribution in [0.3, 0.4) is 0 Å². The van der Waals surface area contributed by atoms with Gasteiger partial charge in [-0.3, -0.25) is 14.6 Å². The van der Waals surface area contributed by atoms with Crippen LogP contribution in [0.1, 0.15) is 36.2 Å². The molecule has 6 nitrogen and oxygen atoms in total. The van der Waals surface area contributed by atoms with Crippen molar-refractivity contribution in [1.29, 1.82) is 0 Å². The second kappa shape index (κ2) is 4.05. The quantitative estimate of drug-likeness (QED) is 0.823. The molecular formula is C9H10ClN5O. The van der Waals surface area contributed by atoms with E-state index in [0.717, 1.165) is 0 Å². The van der Waals surface area contributed by atoms with Crippen molar-refractivity contribution in [2.75, 3.05) is 0 Å². The molecule has 2 rings (SSSR count). The highest BCUT2D eigenvalue weighted by atomic mass is 35.5. The van der Waals surface area contributed by atoms with E-state index >= 15 is 0 Å². The largest absolute Gasteiger partial charge is 0.283 e. The van der Waals surface area contributed by atoms with Crippen LogP contribution in [-0.2, 0) is 0 Å². The molecule has 84 valence electrons. The SMILES string of the molecule is CC(C)n1ncc(Cl)c1C(=O)c1ncn[nH]1. The van der Waals surface area contributed by atoms with E-state index in [1.165, 1.54) is 12.5 Å². The number of carbonyl (C=O) groups is 1. The Morgan fingerprint density at radius 2 is 2.31 bits per heavy atom. The van der Waals surface area contributed by atoms with Gasteiger partial charge in [0.15, 0.2) is 5.82 Å². The van der Waals surface area contributed by atoms with E-state index < -0.39 is 0 Å². The number of halogens is 1. The minimum Gasteiger partial charge on any atom is -0.283 e. The van der Waals surface area contributed by atoms with Crippen LogP contribution in [0.5, 0.6) is 0 Å². The highest BCUT2D eigenvalue weighted by molar-refractivity contribution is 6.34. The first kappa shape index (κ1) is 10.8. The van der Waals surface area contributed by atoms with Gasteiger partial charge in [0.05, 0.1) is 11.2 Å². The van der Waals surface area contributed by atoms with Gasteiger partial charge in [0.1, 0.15) is 12.0 Å². The summed E-state index contributed by atoms with van der Waals surface area (Å²) < 4.78 is 1.56. The van der Waals surface area contributed by atoms with Crippen LogP contribution in [0.2, 0.25) is 5.02 Å². The zero-order valence-electron chi connectivity index (χ0n) is 8.81. The Bertz CT molecular complexity index is 502. The van der Waals surface area contributed by atoms with Crippen molar-refractivity contribution >= 4 is 17.4 Å². The van der Waals surface area contributed by atoms with Gasteiger partial charge in [0, 0.05) is 6.04 Å². The Morgan fingerprint density at radius 1 is 1.56 bits per heavy atom. The number of nitrogens with zero attached hydrogens (tertiary/aromatic N) is 4. The predicted octanol–water partition coefficient (Wildman–Crippen LogP) is 1.47.